The molecule has 0 saturated carbocycles. The molecule has 2 aliphatic rings. The zero-order valence-electron chi connectivity index (χ0n) is 15.9. The van der Waals surface area contributed by atoms with Crippen molar-refractivity contribution in [1.82, 2.24) is 14.9 Å². The summed E-state index contributed by atoms with van der Waals surface area (Å²) in [4.78, 5) is 26.3. The topological polar surface area (TPSA) is 58.6 Å². The second-order valence-corrected chi connectivity index (χ2v) is 8.14. The quantitative estimate of drug-likeness (QED) is 0.823. The Hall–Kier alpha value is -1.69. The minimum atomic E-state index is -0.331. The van der Waals surface area contributed by atoms with E-state index in [1.54, 1.807) is 0 Å². The van der Waals surface area contributed by atoms with Gasteiger partial charge in [-0.1, -0.05) is 20.8 Å². The summed E-state index contributed by atoms with van der Waals surface area (Å²) in [7, 11) is 0. The van der Waals surface area contributed by atoms with Crippen LogP contribution in [-0.4, -0.2) is 60.2 Å². The van der Waals surface area contributed by atoms with Gasteiger partial charge in [-0.25, -0.2) is 9.97 Å². The molecular formula is C19H30N4O2. The van der Waals surface area contributed by atoms with E-state index in [0.717, 1.165) is 69.6 Å². The molecule has 0 radical (unpaired) electrons. The maximum absolute atomic E-state index is 12.6. The Morgan fingerprint density at radius 3 is 2.60 bits per heavy atom. The lowest BCUT2D eigenvalue weighted by atomic mass is 9.90. The van der Waals surface area contributed by atoms with Crippen LogP contribution < -0.4 is 4.90 Å². The van der Waals surface area contributed by atoms with E-state index >= 15 is 0 Å². The van der Waals surface area contributed by atoms with Crippen LogP contribution in [0.5, 0.6) is 0 Å². The molecule has 1 aromatic rings. The Morgan fingerprint density at radius 1 is 1.20 bits per heavy atom. The Kier molecular flexibility index (Phi) is 5.27. The van der Waals surface area contributed by atoms with Crippen LogP contribution in [0, 0.1) is 12.3 Å². The van der Waals surface area contributed by atoms with Crippen molar-refractivity contribution in [3.05, 3.63) is 17.6 Å². The molecule has 0 aromatic carbocycles. The summed E-state index contributed by atoms with van der Waals surface area (Å²) in [6.07, 6.45) is 2.11. The van der Waals surface area contributed by atoms with E-state index in [4.69, 9.17) is 9.72 Å². The first-order valence-corrected chi connectivity index (χ1v) is 9.32. The standard InChI is InChI=1S/C19H30N4O2/c1-14-20-16(12-17(21-14)22-8-10-25-11-9-22)15-6-5-7-23(13-15)18(24)19(2,3)4/h12,15H,5-11,13H2,1-4H3. The van der Waals surface area contributed by atoms with Gasteiger partial charge in [-0.3, -0.25) is 4.79 Å². The monoisotopic (exact) mass is 346 g/mol. The number of carbonyl (C=O) groups excluding carboxylic acids is 1. The smallest absolute Gasteiger partial charge is 0.227 e. The number of anilines is 1. The van der Waals surface area contributed by atoms with Gasteiger partial charge in [0, 0.05) is 43.6 Å². The summed E-state index contributed by atoms with van der Waals surface area (Å²) >= 11 is 0. The molecule has 2 aliphatic heterocycles. The Labute approximate surface area is 150 Å². The molecule has 1 amide bonds. The maximum atomic E-state index is 12.6. The first-order chi connectivity index (χ1) is 11.8. The number of ether oxygens (including phenoxy) is 1. The van der Waals surface area contributed by atoms with E-state index in [1.165, 1.54) is 0 Å². The summed E-state index contributed by atoms with van der Waals surface area (Å²) in [5.74, 6) is 2.32. The summed E-state index contributed by atoms with van der Waals surface area (Å²) in [6.45, 7) is 12.8. The molecule has 1 aromatic heterocycles. The second kappa shape index (κ2) is 7.28. The molecule has 25 heavy (non-hydrogen) atoms. The summed E-state index contributed by atoms with van der Waals surface area (Å²) < 4.78 is 5.44. The normalized spacial score (nSPS) is 22.2. The van der Waals surface area contributed by atoms with Crippen molar-refractivity contribution in [2.75, 3.05) is 44.3 Å². The number of hydrogen-bond donors (Lipinski definition) is 0. The molecular weight excluding hydrogens is 316 g/mol. The fraction of sp³-hybridized carbons (Fsp3) is 0.737. The predicted octanol–water partition coefficient (Wildman–Crippen LogP) is 2.37. The molecule has 6 heteroatoms. The molecule has 2 saturated heterocycles. The molecule has 0 spiro atoms. The van der Waals surface area contributed by atoms with Crippen LogP contribution in [-0.2, 0) is 9.53 Å². The molecule has 3 rings (SSSR count). The lowest BCUT2D eigenvalue weighted by Crippen LogP contribution is -2.44. The highest BCUT2D eigenvalue weighted by atomic mass is 16.5. The van der Waals surface area contributed by atoms with Gasteiger partial charge in [0.1, 0.15) is 11.6 Å². The molecule has 0 N–H and O–H groups in total. The van der Waals surface area contributed by atoms with Gasteiger partial charge in [0.05, 0.1) is 18.9 Å². The average Bonchev–Trinajstić information content (AvgIpc) is 2.60. The fourth-order valence-electron chi connectivity index (χ4n) is 3.62. The van der Waals surface area contributed by atoms with E-state index in [0.29, 0.717) is 5.92 Å². The minimum Gasteiger partial charge on any atom is -0.378 e. The van der Waals surface area contributed by atoms with Crippen molar-refractivity contribution in [2.24, 2.45) is 5.41 Å². The van der Waals surface area contributed by atoms with E-state index in [9.17, 15) is 4.79 Å². The van der Waals surface area contributed by atoms with E-state index < -0.39 is 0 Å². The third kappa shape index (κ3) is 4.29. The van der Waals surface area contributed by atoms with Crippen molar-refractivity contribution in [2.45, 2.75) is 46.5 Å². The first-order valence-electron chi connectivity index (χ1n) is 9.32. The highest BCUT2D eigenvalue weighted by molar-refractivity contribution is 5.81. The van der Waals surface area contributed by atoms with Crippen LogP contribution >= 0.6 is 0 Å². The number of morpholine rings is 1. The van der Waals surface area contributed by atoms with Gasteiger partial charge in [0.25, 0.3) is 0 Å². The Balaban J connectivity index is 1.78. The van der Waals surface area contributed by atoms with Gasteiger partial charge in [-0.15, -0.1) is 0 Å². The van der Waals surface area contributed by atoms with Gasteiger partial charge in [0.2, 0.25) is 5.91 Å². The van der Waals surface area contributed by atoms with E-state index in [1.807, 2.05) is 32.6 Å². The van der Waals surface area contributed by atoms with E-state index in [2.05, 4.69) is 16.0 Å². The molecule has 0 aliphatic carbocycles. The number of likely N-dealkylation sites (tertiary alicyclic amines) is 1. The lowest BCUT2D eigenvalue weighted by Gasteiger charge is -2.36. The molecule has 0 bridgehead atoms. The SMILES string of the molecule is Cc1nc(C2CCCN(C(=O)C(C)(C)C)C2)cc(N2CCOCC2)n1. The number of piperidine rings is 1. The highest BCUT2D eigenvalue weighted by Crippen LogP contribution is 2.30. The number of aryl methyl sites for hydroxylation is 1. The zero-order chi connectivity index (χ0) is 18.0. The van der Waals surface area contributed by atoms with Gasteiger partial charge in [0.15, 0.2) is 0 Å². The average molecular weight is 346 g/mol. The van der Waals surface area contributed by atoms with Crippen molar-refractivity contribution in [1.29, 1.82) is 0 Å². The molecule has 3 heterocycles. The highest BCUT2D eigenvalue weighted by Gasteiger charge is 2.32. The van der Waals surface area contributed by atoms with Crippen LogP contribution in [0.3, 0.4) is 0 Å². The third-order valence-corrected chi connectivity index (χ3v) is 4.95. The van der Waals surface area contributed by atoms with Crippen molar-refractivity contribution < 1.29 is 9.53 Å². The van der Waals surface area contributed by atoms with Crippen LogP contribution in [0.2, 0.25) is 0 Å². The lowest BCUT2D eigenvalue weighted by molar-refractivity contribution is -0.140. The van der Waals surface area contributed by atoms with Crippen LogP contribution in [0.4, 0.5) is 5.82 Å². The predicted molar refractivity (Wildman–Crippen MR) is 97.8 cm³/mol. The summed E-state index contributed by atoms with van der Waals surface area (Å²) in [5, 5.41) is 0. The number of rotatable bonds is 2. The summed E-state index contributed by atoms with van der Waals surface area (Å²) in [6, 6.07) is 2.12. The Morgan fingerprint density at radius 2 is 1.92 bits per heavy atom. The third-order valence-electron chi connectivity index (χ3n) is 4.95. The molecule has 1 atom stereocenters. The van der Waals surface area contributed by atoms with Crippen molar-refractivity contribution in [3.63, 3.8) is 0 Å². The van der Waals surface area contributed by atoms with E-state index in [-0.39, 0.29) is 11.3 Å². The van der Waals surface area contributed by atoms with Gasteiger partial charge < -0.3 is 14.5 Å². The maximum Gasteiger partial charge on any atom is 0.227 e. The molecule has 138 valence electrons. The molecule has 6 nitrogen and oxygen atoms in total. The second-order valence-electron chi connectivity index (χ2n) is 8.14. The molecule has 1 unspecified atom stereocenters. The number of carbonyl (C=O) groups is 1. The number of aromatic nitrogens is 2. The first kappa shape index (κ1) is 18.1. The number of nitrogens with zero attached hydrogens (tertiary/aromatic N) is 4. The van der Waals surface area contributed by atoms with Gasteiger partial charge >= 0.3 is 0 Å². The van der Waals surface area contributed by atoms with Crippen LogP contribution in [0.25, 0.3) is 0 Å². The number of hydrogen-bond acceptors (Lipinski definition) is 5. The Bertz CT molecular complexity index is 620. The zero-order valence-corrected chi connectivity index (χ0v) is 15.9. The summed E-state index contributed by atoms with van der Waals surface area (Å²) in [5.41, 5.74) is 0.739. The minimum absolute atomic E-state index is 0.233. The molecule has 2 fully saturated rings. The van der Waals surface area contributed by atoms with Crippen molar-refractivity contribution in [3.8, 4) is 0 Å². The van der Waals surface area contributed by atoms with Crippen molar-refractivity contribution >= 4 is 11.7 Å². The van der Waals surface area contributed by atoms with Gasteiger partial charge in [-0.2, -0.15) is 0 Å². The number of amides is 1. The van der Waals surface area contributed by atoms with Gasteiger partial charge in [-0.05, 0) is 19.8 Å². The van der Waals surface area contributed by atoms with Crippen LogP contribution in [0.1, 0.15) is 51.0 Å². The largest absolute Gasteiger partial charge is 0.378 e. The van der Waals surface area contributed by atoms with Crippen LogP contribution in [0.15, 0.2) is 6.07 Å². The fourth-order valence-corrected chi connectivity index (χ4v) is 3.62.